The van der Waals surface area contributed by atoms with Crippen LogP contribution in [0.3, 0.4) is 0 Å². The van der Waals surface area contributed by atoms with E-state index in [1.165, 1.54) is 5.56 Å². The van der Waals surface area contributed by atoms with E-state index >= 15 is 0 Å². The Bertz CT molecular complexity index is 507. The van der Waals surface area contributed by atoms with E-state index in [0.29, 0.717) is 19.1 Å². The fourth-order valence-electron chi connectivity index (χ4n) is 3.06. The number of carbonyl (C=O) groups is 1. The first kappa shape index (κ1) is 18.9. The molecule has 2 unspecified atom stereocenters. The zero-order valence-electron chi connectivity index (χ0n) is 13.6. The van der Waals surface area contributed by atoms with Crippen molar-refractivity contribution in [1.82, 2.24) is 5.32 Å². The highest BCUT2D eigenvalue weighted by Gasteiger charge is 2.32. The molecule has 0 saturated heterocycles. The van der Waals surface area contributed by atoms with Gasteiger partial charge in [0.2, 0.25) is 0 Å². The summed E-state index contributed by atoms with van der Waals surface area (Å²) in [7, 11) is 0. The zero-order valence-corrected chi connectivity index (χ0v) is 14.4. The molecule has 5 heteroatoms. The van der Waals surface area contributed by atoms with Crippen LogP contribution in [0.4, 0.5) is 0 Å². The number of nitrogens with two attached hydrogens (primary N) is 1. The van der Waals surface area contributed by atoms with Crippen LogP contribution in [0.5, 0.6) is 0 Å². The van der Waals surface area contributed by atoms with Crippen LogP contribution in [-0.2, 0) is 16.0 Å². The molecule has 1 aromatic rings. The Hall–Kier alpha value is -1.10. The number of ether oxygens (including phenoxy) is 1. The monoisotopic (exact) mass is 326 g/mol. The molecule has 0 aromatic heterocycles. The molecular formula is C17H27ClN2O2. The molecule has 0 bridgehead atoms. The average Bonchev–Trinajstić information content (AvgIpc) is 2.45. The van der Waals surface area contributed by atoms with E-state index in [2.05, 4.69) is 25.2 Å². The molecule has 0 aliphatic carbocycles. The van der Waals surface area contributed by atoms with Crippen molar-refractivity contribution in [3.05, 3.63) is 35.4 Å². The summed E-state index contributed by atoms with van der Waals surface area (Å²) >= 11 is 0. The first-order valence-electron chi connectivity index (χ1n) is 7.67. The van der Waals surface area contributed by atoms with E-state index < -0.39 is 6.10 Å². The smallest absolute Gasteiger partial charge is 0.254 e. The maximum atomic E-state index is 12.6. The van der Waals surface area contributed by atoms with Crippen molar-refractivity contribution in [2.24, 2.45) is 11.7 Å². The van der Waals surface area contributed by atoms with Gasteiger partial charge in [-0.25, -0.2) is 0 Å². The lowest BCUT2D eigenvalue weighted by Crippen LogP contribution is -2.54. The van der Waals surface area contributed by atoms with Gasteiger partial charge in [-0.15, -0.1) is 12.4 Å². The topological polar surface area (TPSA) is 64.3 Å². The Labute approximate surface area is 139 Å². The Kier molecular flexibility index (Phi) is 6.85. The van der Waals surface area contributed by atoms with Gasteiger partial charge < -0.3 is 15.8 Å². The summed E-state index contributed by atoms with van der Waals surface area (Å²) in [6, 6.07) is 7.99. The minimum atomic E-state index is -0.520. The highest BCUT2D eigenvalue weighted by Crippen LogP contribution is 2.28. The fourth-order valence-corrected chi connectivity index (χ4v) is 3.06. The van der Waals surface area contributed by atoms with Crippen molar-refractivity contribution in [3.8, 4) is 0 Å². The molecule has 2 rings (SSSR count). The van der Waals surface area contributed by atoms with Crippen molar-refractivity contribution in [1.29, 1.82) is 0 Å². The van der Waals surface area contributed by atoms with E-state index in [-0.39, 0.29) is 23.9 Å². The van der Waals surface area contributed by atoms with Crippen LogP contribution < -0.4 is 11.1 Å². The van der Waals surface area contributed by atoms with Gasteiger partial charge in [-0.05, 0) is 36.8 Å². The van der Waals surface area contributed by atoms with Gasteiger partial charge in [0.15, 0.2) is 6.10 Å². The zero-order chi connectivity index (χ0) is 15.5. The maximum Gasteiger partial charge on any atom is 0.254 e. The highest BCUT2D eigenvalue weighted by atomic mass is 35.5. The molecule has 0 saturated carbocycles. The number of benzene rings is 1. The Balaban J connectivity index is 0.00000242. The quantitative estimate of drug-likeness (QED) is 0.874. The van der Waals surface area contributed by atoms with Crippen LogP contribution in [0, 0.1) is 5.92 Å². The molecule has 1 aliphatic rings. The van der Waals surface area contributed by atoms with Crippen molar-refractivity contribution in [2.45, 2.75) is 45.3 Å². The molecule has 2 atom stereocenters. The summed E-state index contributed by atoms with van der Waals surface area (Å²) < 4.78 is 5.71. The largest absolute Gasteiger partial charge is 0.363 e. The van der Waals surface area contributed by atoms with Crippen LogP contribution in [0.1, 0.15) is 44.4 Å². The van der Waals surface area contributed by atoms with Crippen molar-refractivity contribution in [2.75, 3.05) is 13.2 Å². The van der Waals surface area contributed by atoms with Crippen LogP contribution in [0.15, 0.2) is 24.3 Å². The lowest BCUT2D eigenvalue weighted by Gasteiger charge is -2.34. The van der Waals surface area contributed by atoms with E-state index in [1.807, 2.05) is 25.1 Å². The normalized spacial score (nSPS) is 19.8. The average molecular weight is 327 g/mol. The van der Waals surface area contributed by atoms with Gasteiger partial charge in [0.25, 0.3) is 5.91 Å². The second kappa shape index (κ2) is 7.95. The summed E-state index contributed by atoms with van der Waals surface area (Å²) in [5, 5.41) is 3.10. The summed E-state index contributed by atoms with van der Waals surface area (Å²) in [4.78, 5) is 12.6. The summed E-state index contributed by atoms with van der Waals surface area (Å²) in [6.45, 7) is 7.27. The Morgan fingerprint density at radius 1 is 1.45 bits per heavy atom. The minimum absolute atomic E-state index is 0. The third-order valence-corrected chi connectivity index (χ3v) is 3.97. The highest BCUT2D eigenvalue weighted by molar-refractivity contribution is 5.85. The summed E-state index contributed by atoms with van der Waals surface area (Å²) in [6.07, 6.45) is 1.19. The number of amides is 1. The van der Waals surface area contributed by atoms with Gasteiger partial charge in [-0.3, -0.25) is 4.79 Å². The Morgan fingerprint density at radius 3 is 2.77 bits per heavy atom. The Morgan fingerprint density at radius 2 is 2.14 bits per heavy atom. The lowest BCUT2D eigenvalue weighted by atomic mass is 9.89. The summed E-state index contributed by atoms with van der Waals surface area (Å²) in [5.41, 5.74) is 7.66. The standard InChI is InChI=1S/C17H26N2O2.ClH/c1-12(2)10-17(3,11-18)19-16(20)15-14-7-5-4-6-13(14)8-9-21-15;/h4-7,12,15H,8-11,18H2,1-3H3,(H,19,20);1H. The second-order valence-corrected chi connectivity index (χ2v) is 6.55. The molecule has 1 aromatic carbocycles. The molecule has 0 spiro atoms. The van der Waals surface area contributed by atoms with Crippen LogP contribution in [-0.4, -0.2) is 24.6 Å². The van der Waals surface area contributed by atoms with E-state index in [1.54, 1.807) is 0 Å². The van der Waals surface area contributed by atoms with Gasteiger partial charge in [0.1, 0.15) is 0 Å². The minimum Gasteiger partial charge on any atom is -0.363 e. The van der Waals surface area contributed by atoms with E-state index in [4.69, 9.17) is 10.5 Å². The third kappa shape index (κ3) is 4.45. The molecule has 1 amide bonds. The van der Waals surface area contributed by atoms with Gasteiger partial charge >= 0.3 is 0 Å². The molecule has 22 heavy (non-hydrogen) atoms. The van der Waals surface area contributed by atoms with Crippen LogP contribution in [0.25, 0.3) is 0 Å². The first-order chi connectivity index (χ1) is 9.95. The number of hydrogen-bond donors (Lipinski definition) is 2. The van der Waals surface area contributed by atoms with Gasteiger partial charge in [0.05, 0.1) is 6.61 Å². The number of fused-ring (bicyclic) bond motifs is 1. The van der Waals surface area contributed by atoms with Crippen molar-refractivity contribution < 1.29 is 9.53 Å². The summed E-state index contributed by atoms with van der Waals surface area (Å²) in [5.74, 6) is 0.383. The molecule has 1 aliphatic heterocycles. The number of hydrogen-bond acceptors (Lipinski definition) is 3. The molecule has 3 N–H and O–H groups in total. The van der Waals surface area contributed by atoms with Gasteiger partial charge in [-0.1, -0.05) is 38.1 Å². The van der Waals surface area contributed by atoms with E-state index in [0.717, 1.165) is 18.4 Å². The van der Waals surface area contributed by atoms with Crippen molar-refractivity contribution >= 4 is 18.3 Å². The molecule has 4 nitrogen and oxygen atoms in total. The van der Waals surface area contributed by atoms with E-state index in [9.17, 15) is 4.79 Å². The fraction of sp³-hybridized carbons (Fsp3) is 0.588. The number of nitrogens with one attached hydrogen (secondary N) is 1. The van der Waals surface area contributed by atoms with Crippen LogP contribution in [0.2, 0.25) is 0 Å². The molecule has 124 valence electrons. The first-order valence-corrected chi connectivity index (χ1v) is 7.67. The van der Waals surface area contributed by atoms with Crippen LogP contribution >= 0.6 is 12.4 Å². The predicted octanol–water partition coefficient (Wildman–Crippen LogP) is 2.60. The van der Waals surface area contributed by atoms with Crippen molar-refractivity contribution in [3.63, 3.8) is 0 Å². The third-order valence-electron chi connectivity index (χ3n) is 3.97. The number of carbonyl (C=O) groups excluding carboxylic acids is 1. The van der Waals surface area contributed by atoms with Gasteiger partial charge in [-0.2, -0.15) is 0 Å². The predicted molar refractivity (Wildman–Crippen MR) is 91.1 cm³/mol. The number of rotatable bonds is 5. The second-order valence-electron chi connectivity index (χ2n) is 6.55. The number of halogens is 1. The molecular weight excluding hydrogens is 300 g/mol. The van der Waals surface area contributed by atoms with Gasteiger partial charge in [0, 0.05) is 12.1 Å². The SMILES string of the molecule is CC(C)CC(C)(CN)NC(=O)C1OCCc2ccccc21.Cl. The molecule has 0 fully saturated rings. The molecule has 0 radical (unpaired) electrons. The molecule has 1 heterocycles. The lowest BCUT2D eigenvalue weighted by molar-refractivity contribution is -0.136. The maximum absolute atomic E-state index is 12.6.